The molecule has 1 unspecified atom stereocenters. The molecule has 0 saturated heterocycles. The predicted octanol–water partition coefficient (Wildman–Crippen LogP) is 0.213. The molecule has 2 N–H and O–H groups in total. The molecule has 0 aliphatic heterocycles. The number of carbonyl (C=O) groups is 3. The number of likely N-dealkylation sites (N-methyl/N-ethyl adjacent to an activating group) is 2. The highest BCUT2D eigenvalue weighted by Gasteiger charge is 2.21. The zero-order valence-electron chi connectivity index (χ0n) is 15.2. The molecule has 0 aromatic heterocycles. The fourth-order valence-corrected chi connectivity index (χ4v) is 2.37. The van der Waals surface area contributed by atoms with E-state index in [1.54, 1.807) is 11.8 Å². The van der Waals surface area contributed by atoms with Crippen LogP contribution in [0.25, 0.3) is 0 Å². The van der Waals surface area contributed by atoms with E-state index in [1.165, 1.54) is 0 Å². The molecule has 0 radical (unpaired) electrons. The molecule has 1 aromatic carbocycles. The Morgan fingerprint density at radius 3 is 2.32 bits per heavy atom. The molecule has 1 atom stereocenters. The van der Waals surface area contributed by atoms with Crippen LogP contribution >= 0.6 is 0 Å². The van der Waals surface area contributed by atoms with Gasteiger partial charge in [0.05, 0.1) is 13.2 Å². The Kier molecular flexibility index (Phi) is 9.24. The van der Waals surface area contributed by atoms with Gasteiger partial charge in [-0.1, -0.05) is 30.3 Å². The fourth-order valence-electron chi connectivity index (χ4n) is 2.37. The van der Waals surface area contributed by atoms with Gasteiger partial charge in [0, 0.05) is 13.1 Å². The number of nitrogens with zero attached hydrogens (tertiary/aromatic N) is 1. The van der Waals surface area contributed by atoms with Crippen LogP contribution in [0.4, 0.5) is 4.79 Å². The third-order valence-electron chi connectivity index (χ3n) is 3.78. The van der Waals surface area contributed by atoms with Crippen LogP contribution < -0.4 is 10.2 Å². The zero-order chi connectivity index (χ0) is 18.7. The lowest BCUT2D eigenvalue weighted by atomic mass is 10.2. The van der Waals surface area contributed by atoms with Crippen LogP contribution in [0.2, 0.25) is 0 Å². The van der Waals surface area contributed by atoms with Gasteiger partial charge in [-0.05, 0) is 26.3 Å². The molecule has 0 bridgehead atoms. The minimum absolute atomic E-state index is 0.0212. The smallest absolute Gasteiger partial charge is 0.414 e. The van der Waals surface area contributed by atoms with Crippen LogP contribution in [0.3, 0.4) is 0 Å². The molecule has 0 aliphatic rings. The number of carbonyl (C=O) groups excluding carboxylic acids is 3. The number of hydrogen-bond donors (Lipinski definition) is 2. The van der Waals surface area contributed by atoms with Crippen LogP contribution in [-0.2, 0) is 20.9 Å². The van der Waals surface area contributed by atoms with Crippen LogP contribution in [0, 0.1) is 0 Å². The molecule has 0 heterocycles. The minimum atomic E-state index is -0.756. The van der Waals surface area contributed by atoms with Gasteiger partial charge in [0.25, 0.3) is 11.8 Å². The second kappa shape index (κ2) is 11.2. The van der Waals surface area contributed by atoms with Crippen LogP contribution in [0.5, 0.6) is 0 Å². The maximum Gasteiger partial charge on any atom is 0.414 e. The van der Waals surface area contributed by atoms with Crippen molar-refractivity contribution < 1.29 is 24.0 Å². The third-order valence-corrected chi connectivity index (χ3v) is 3.78. The molecule has 1 aromatic rings. The van der Waals surface area contributed by atoms with Gasteiger partial charge in [-0.15, -0.1) is 0 Å². The number of amides is 3. The summed E-state index contributed by atoms with van der Waals surface area (Å²) < 4.78 is 4.68. The van der Waals surface area contributed by atoms with Gasteiger partial charge in [-0.25, -0.2) is 4.79 Å². The number of nitrogens with one attached hydrogen (secondary N) is 2. The molecule has 25 heavy (non-hydrogen) atoms. The first-order valence-corrected chi connectivity index (χ1v) is 8.61. The van der Waals surface area contributed by atoms with Gasteiger partial charge in [0.15, 0.2) is 13.1 Å². The summed E-state index contributed by atoms with van der Waals surface area (Å²) in [6.45, 7) is 7.68. The molecular formula is C18H28N3O4+. The van der Waals surface area contributed by atoms with Crippen LogP contribution in [-0.4, -0.2) is 55.6 Å². The monoisotopic (exact) mass is 350 g/mol. The van der Waals surface area contributed by atoms with E-state index in [9.17, 15) is 14.4 Å². The summed E-state index contributed by atoms with van der Waals surface area (Å²) in [5.74, 6) is -0.471. The summed E-state index contributed by atoms with van der Waals surface area (Å²) in [5.41, 5.74) is 1.07. The van der Waals surface area contributed by atoms with E-state index in [0.29, 0.717) is 19.6 Å². The number of alkyl carbamates (subject to hydrolysis) is 1. The van der Waals surface area contributed by atoms with E-state index in [0.717, 1.165) is 10.5 Å². The first-order valence-electron chi connectivity index (χ1n) is 8.61. The standard InChI is InChI=1S/C18H27N3O4/c1-4-20(13-16(22)19-18(24)25-6-3)14-17(23)21(5-2)12-15-10-8-7-9-11-15/h7-11H,4-6,12-14H2,1-3H3,(H,19,22,24)/p+1. The van der Waals surface area contributed by atoms with E-state index < -0.39 is 12.0 Å². The van der Waals surface area contributed by atoms with E-state index in [1.807, 2.05) is 44.2 Å². The highest BCUT2D eigenvalue weighted by molar-refractivity contribution is 5.92. The Hall–Kier alpha value is -2.41. The topological polar surface area (TPSA) is 80.1 Å². The largest absolute Gasteiger partial charge is 0.450 e. The average molecular weight is 350 g/mol. The number of hydrogen-bond acceptors (Lipinski definition) is 4. The van der Waals surface area contributed by atoms with Crippen molar-refractivity contribution in [3.8, 4) is 0 Å². The third kappa shape index (κ3) is 7.80. The Bertz CT molecular complexity index is 563. The van der Waals surface area contributed by atoms with Crippen molar-refractivity contribution in [2.24, 2.45) is 0 Å². The van der Waals surface area contributed by atoms with E-state index in [4.69, 9.17) is 0 Å². The summed E-state index contributed by atoms with van der Waals surface area (Å²) >= 11 is 0. The van der Waals surface area contributed by atoms with Crippen molar-refractivity contribution in [3.63, 3.8) is 0 Å². The summed E-state index contributed by atoms with van der Waals surface area (Å²) in [5, 5.41) is 2.16. The molecule has 0 fully saturated rings. The van der Waals surface area contributed by atoms with Crippen molar-refractivity contribution in [1.29, 1.82) is 0 Å². The summed E-state index contributed by atoms with van der Waals surface area (Å²) in [4.78, 5) is 38.2. The van der Waals surface area contributed by atoms with Gasteiger partial charge in [-0.3, -0.25) is 14.9 Å². The highest BCUT2D eigenvalue weighted by Crippen LogP contribution is 2.03. The maximum atomic E-state index is 12.5. The van der Waals surface area contributed by atoms with Gasteiger partial charge in [-0.2, -0.15) is 0 Å². The van der Waals surface area contributed by atoms with Gasteiger partial charge in [0.2, 0.25) is 0 Å². The van der Waals surface area contributed by atoms with Crippen molar-refractivity contribution in [2.45, 2.75) is 27.3 Å². The Morgan fingerprint density at radius 1 is 1.08 bits per heavy atom. The van der Waals surface area contributed by atoms with E-state index in [-0.39, 0.29) is 25.6 Å². The lowest BCUT2D eigenvalue weighted by molar-refractivity contribution is -0.882. The Balaban J connectivity index is 2.55. The molecule has 1 rings (SSSR count). The SMILES string of the molecule is CCOC(=O)NC(=O)C[NH+](CC)CC(=O)N(CC)Cc1ccccc1. The van der Waals surface area contributed by atoms with Crippen molar-refractivity contribution in [3.05, 3.63) is 35.9 Å². The average Bonchev–Trinajstić information content (AvgIpc) is 2.59. The molecule has 138 valence electrons. The Morgan fingerprint density at radius 2 is 1.76 bits per heavy atom. The first kappa shape index (κ1) is 20.6. The summed E-state index contributed by atoms with van der Waals surface area (Å²) in [6, 6.07) is 9.78. The molecule has 3 amide bonds. The second-order valence-corrected chi connectivity index (χ2v) is 5.62. The second-order valence-electron chi connectivity index (χ2n) is 5.62. The zero-order valence-corrected chi connectivity index (χ0v) is 15.2. The fraction of sp³-hybridized carbons (Fsp3) is 0.500. The normalized spacial score (nSPS) is 11.5. The maximum absolute atomic E-state index is 12.5. The summed E-state index contributed by atoms with van der Waals surface area (Å²) in [6.07, 6.45) is -0.756. The molecule has 0 spiro atoms. The van der Waals surface area contributed by atoms with E-state index >= 15 is 0 Å². The number of imide groups is 1. The number of rotatable bonds is 9. The lowest BCUT2D eigenvalue weighted by Crippen LogP contribution is -3.14. The molecule has 7 heteroatoms. The van der Waals surface area contributed by atoms with Crippen molar-refractivity contribution >= 4 is 17.9 Å². The predicted molar refractivity (Wildman–Crippen MR) is 93.9 cm³/mol. The van der Waals surface area contributed by atoms with Crippen molar-refractivity contribution in [1.82, 2.24) is 10.2 Å². The number of benzene rings is 1. The molecular weight excluding hydrogens is 322 g/mol. The van der Waals surface area contributed by atoms with Crippen molar-refractivity contribution in [2.75, 3.05) is 32.8 Å². The quantitative estimate of drug-likeness (QED) is 0.667. The molecule has 0 saturated carbocycles. The molecule has 0 aliphatic carbocycles. The highest BCUT2D eigenvalue weighted by atomic mass is 16.5. The summed E-state index contributed by atoms with van der Waals surface area (Å²) in [7, 11) is 0. The molecule has 7 nitrogen and oxygen atoms in total. The van der Waals surface area contributed by atoms with Gasteiger partial charge >= 0.3 is 6.09 Å². The minimum Gasteiger partial charge on any atom is -0.450 e. The first-order chi connectivity index (χ1) is 12.0. The Labute approximate surface area is 148 Å². The van der Waals surface area contributed by atoms with Crippen LogP contribution in [0.15, 0.2) is 30.3 Å². The van der Waals surface area contributed by atoms with E-state index in [2.05, 4.69) is 10.1 Å². The van der Waals surface area contributed by atoms with Gasteiger partial charge < -0.3 is 14.5 Å². The van der Waals surface area contributed by atoms with Crippen LogP contribution in [0.1, 0.15) is 26.3 Å². The number of ether oxygens (including phenoxy) is 1. The number of quaternary nitrogens is 1. The lowest BCUT2D eigenvalue weighted by Gasteiger charge is -2.24. The van der Waals surface area contributed by atoms with Gasteiger partial charge in [0.1, 0.15) is 0 Å².